The van der Waals surface area contributed by atoms with Crippen LogP contribution < -0.4 is 11.1 Å². The molecule has 1 aromatic carbocycles. The van der Waals surface area contributed by atoms with Crippen LogP contribution in [0.2, 0.25) is 5.02 Å². The van der Waals surface area contributed by atoms with Crippen molar-refractivity contribution in [1.29, 1.82) is 0 Å². The van der Waals surface area contributed by atoms with E-state index in [0.717, 1.165) is 35.6 Å². The van der Waals surface area contributed by atoms with Gasteiger partial charge in [0.25, 0.3) is 0 Å². The summed E-state index contributed by atoms with van der Waals surface area (Å²) >= 11 is 11.0. The smallest absolute Gasteiger partial charge is 0.106 e. The van der Waals surface area contributed by atoms with Crippen molar-refractivity contribution in [3.63, 3.8) is 0 Å². The van der Waals surface area contributed by atoms with Gasteiger partial charge in [0, 0.05) is 44.6 Å². The maximum Gasteiger partial charge on any atom is 0.106 e. The van der Waals surface area contributed by atoms with Crippen molar-refractivity contribution >= 4 is 45.3 Å². The van der Waals surface area contributed by atoms with Crippen LogP contribution in [0.3, 0.4) is 0 Å². The van der Waals surface area contributed by atoms with Crippen LogP contribution >= 0.6 is 23.8 Å². The number of nitrogens with one attached hydrogen (secondary N) is 1. The van der Waals surface area contributed by atoms with Crippen LogP contribution in [0.1, 0.15) is 18.4 Å². The SMILES string of the molecule is NC(=S)c1cc(Cl)ccc1NC1CCS(=O)CC1. The van der Waals surface area contributed by atoms with Crippen molar-refractivity contribution in [3.8, 4) is 0 Å². The summed E-state index contributed by atoms with van der Waals surface area (Å²) in [5.41, 5.74) is 7.37. The van der Waals surface area contributed by atoms with Gasteiger partial charge in [-0.1, -0.05) is 23.8 Å². The number of rotatable bonds is 3. The fourth-order valence-corrected chi connectivity index (χ4v) is 3.64. The molecule has 1 aromatic rings. The van der Waals surface area contributed by atoms with Gasteiger partial charge < -0.3 is 11.1 Å². The number of benzene rings is 1. The molecule has 3 nitrogen and oxygen atoms in total. The molecule has 2 rings (SSSR count). The molecule has 3 N–H and O–H groups in total. The molecule has 1 aliphatic rings. The Labute approximate surface area is 120 Å². The molecule has 0 spiro atoms. The number of hydrogen-bond acceptors (Lipinski definition) is 3. The molecule has 1 fully saturated rings. The lowest BCUT2D eigenvalue weighted by Gasteiger charge is -2.24. The molecular formula is C12H15ClN2OS2. The third-order valence-corrected chi connectivity index (χ3v) is 4.83. The molecule has 18 heavy (non-hydrogen) atoms. The lowest BCUT2D eigenvalue weighted by atomic mass is 10.1. The largest absolute Gasteiger partial charge is 0.389 e. The van der Waals surface area contributed by atoms with Crippen LogP contribution in [0.15, 0.2) is 18.2 Å². The van der Waals surface area contributed by atoms with Crippen LogP contribution in [0.5, 0.6) is 0 Å². The molecule has 0 aliphatic carbocycles. The van der Waals surface area contributed by atoms with E-state index in [-0.39, 0.29) is 0 Å². The van der Waals surface area contributed by atoms with E-state index in [1.54, 1.807) is 6.07 Å². The van der Waals surface area contributed by atoms with E-state index in [2.05, 4.69) is 5.32 Å². The Kier molecular flexibility index (Phi) is 4.59. The standard InChI is InChI=1S/C12H15ClN2OS2/c13-8-1-2-11(10(7-8)12(14)17)15-9-3-5-18(16)6-4-9/h1-2,7,9,15H,3-6H2,(H2,14,17). The van der Waals surface area contributed by atoms with Crippen LogP contribution in [0, 0.1) is 0 Å². The first-order chi connectivity index (χ1) is 8.56. The van der Waals surface area contributed by atoms with Crippen molar-refractivity contribution < 1.29 is 4.21 Å². The minimum absolute atomic E-state index is 0.331. The van der Waals surface area contributed by atoms with Gasteiger partial charge in [-0.2, -0.15) is 0 Å². The fraction of sp³-hybridized carbons (Fsp3) is 0.417. The molecule has 0 unspecified atom stereocenters. The summed E-state index contributed by atoms with van der Waals surface area (Å²) in [6.45, 7) is 0. The number of halogens is 1. The van der Waals surface area contributed by atoms with E-state index in [1.165, 1.54) is 0 Å². The first-order valence-corrected chi connectivity index (χ1v) is 8.04. The van der Waals surface area contributed by atoms with Gasteiger partial charge in [0.05, 0.1) is 0 Å². The van der Waals surface area contributed by atoms with E-state index in [0.29, 0.717) is 16.1 Å². The molecule has 0 amide bonds. The zero-order chi connectivity index (χ0) is 13.1. The predicted molar refractivity (Wildman–Crippen MR) is 81.9 cm³/mol. The summed E-state index contributed by atoms with van der Waals surface area (Å²) in [7, 11) is -0.648. The van der Waals surface area contributed by atoms with Crippen molar-refractivity contribution in [2.45, 2.75) is 18.9 Å². The molecule has 1 heterocycles. The Morgan fingerprint density at radius 1 is 1.44 bits per heavy atom. The molecular weight excluding hydrogens is 288 g/mol. The van der Waals surface area contributed by atoms with Crippen molar-refractivity contribution in [2.75, 3.05) is 16.8 Å². The summed E-state index contributed by atoms with van der Waals surface area (Å²) in [6.07, 6.45) is 1.82. The minimum Gasteiger partial charge on any atom is -0.389 e. The van der Waals surface area contributed by atoms with Gasteiger partial charge in [-0.25, -0.2) is 0 Å². The highest BCUT2D eigenvalue weighted by Crippen LogP contribution is 2.23. The maximum absolute atomic E-state index is 11.3. The Balaban J connectivity index is 2.13. The first-order valence-electron chi connectivity index (χ1n) is 5.77. The van der Waals surface area contributed by atoms with E-state index in [9.17, 15) is 4.21 Å². The van der Waals surface area contributed by atoms with E-state index in [1.807, 2.05) is 12.1 Å². The Hall–Kier alpha value is -0.650. The van der Waals surface area contributed by atoms with Gasteiger partial charge in [-0.05, 0) is 31.0 Å². The van der Waals surface area contributed by atoms with Gasteiger partial charge in [-0.3, -0.25) is 4.21 Å². The predicted octanol–water partition coefficient (Wildman–Crippen LogP) is 2.30. The summed E-state index contributed by atoms with van der Waals surface area (Å²) in [5.74, 6) is 1.52. The molecule has 1 saturated heterocycles. The topological polar surface area (TPSA) is 55.1 Å². The monoisotopic (exact) mass is 302 g/mol. The molecule has 0 saturated carbocycles. The number of anilines is 1. The lowest BCUT2D eigenvalue weighted by Crippen LogP contribution is -2.30. The average molecular weight is 303 g/mol. The number of nitrogens with two attached hydrogens (primary N) is 1. The second-order valence-corrected chi connectivity index (χ2v) is 6.89. The van der Waals surface area contributed by atoms with E-state index < -0.39 is 10.8 Å². The summed E-state index contributed by atoms with van der Waals surface area (Å²) in [6, 6.07) is 5.80. The van der Waals surface area contributed by atoms with Crippen LogP contribution in [-0.4, -0.2) is 26.7 Å². The highest BCUT2D eigenvalue weighted by atomic mass is 35.5. The second kappa shape index (κ2) is 5.99. The molecule has 0 atom stereocenters. The zero-order valence-corrected chi connectivity index (χ0v) is 12.2. The molecule has 1 aliphatic heterocycles. The molecule has 98 valence electrons. The summed E-state index contributed by atoms with van der Waals surface area (Å²) in [5, 5.41) is 4.04. The number of hydrogen-bond donors (Lipinski definition) is 2. The van der Waals surface area contributed by atoms with Gasteiger partial charge in [-0.15, -0.1) is 0 Å². The Morgan fingerprint density at radius 3 is 2.72 bits per heavy atom. The first kappa shape index (κ1) is 13.8. The Bertz CT molecular complexity index is 483. The average Bonchev–Trinajstić information content (AvgIpc) is 2.34. The van der Waals surface area contributed by atoms with Gasteiger partial charge in [0.2, 0.25) is 0 Å². The third kappa shape index (κ3) is 3.43. The van der Waals surface area contributed by atoms with E-state index >= 15 is 0 Å². The van der Waals surface area contributed by atoms with Gasteiger partial charge >= 0.3 is 0 Å². The maximum atomic E-state index is 11.3. The zero-order valence-electron chi connectivity index (χ0n) is 9.82. The van der Waals surface area contributed by atoms with Gasteiger partial charge in [0.1, 0.15) is 4.99 Å². The highest BCUT2D eigenvalue weighted by molar-refractivity contribution is 7.85. The van der Waals surface area contributed by atoms with Crippen molar-refractivity contribution in [3.05, 3.63) is 28.8 Å². The number of thiocarbonyl (C=S) groups is 1. The molecule has 0 bridgehead atoms. The van der Waals surface area contributed by atoms with Crippen molar-refractivity contribution in [1.82, 2.24) is 0 Å². The molecule has 0 aromatic heterocycles. The Morgan fingerprint density at radius 2 is 2.11 bits per heavy atom. The normalized spacial score (nSPS) is 23.6. The van der Waals surface area contributed by atoms with Crippen LogP contribution in [0.25, 0.3) is 0 Å². The second-order valence-electron chi connectivity index (χ2n) is 4.32. The molecule has 6 heteroatoms. The minimum atomic E-state index is -0.648. The summed E-state index contributed by atoms with van der Waals surface area (Å²) < 4.78 is 11.3. The highest BCUT2D eigenvalue weighted by Gasteiger charge is 2.18. The van der Waals surface area contributed by atoms with Crippen LogP contribution in [0.4, 0.5) is 5.69 Å². The van der Waals surface area contributed by atoms with Crippen LogP contribution in [-0.2, 0) is 10.8 Å². The lowest BCUT2D eigenvalue weighted by molar-refractivity contribution is 0.624. The van der Waals surface area contributed by atoms with Crippen molar-refractivity contribution in [2.24, 2.45) is 5.73 Å². The fourth-order valence-electron chi connectivity index (χ4n) is 2.00. The molecule has 0 radical (unpaired) electrons. The third-order valence-electron chi connectivity index (χ3n) is 2.99. The van der Waals surface area contributed by atoms with E-state index in [4.69, 9.17) is 29.6 Å². The summed E-state index contributed by atoms with van der Waals surface area (Å²) in [4.78, 5) is 0.333. The quantitative estimate of drug-likeness (QED) is 0.841. The van der Waals surface area contributed by atoms with Gasteiger partial charge in [0.15, 0.2) is 0 Å².